The molecule has 4 nitrogen and oxygen atoms in total. The number of aromatic nitrogens is 3. The highest BCUT2D eigenvalue weighted by molar-refractivity contribution is 5.17. The number of rotatable bonds is 1. The molecule has 1 aromatic heterocycles. The van der Waals surface area contributed by atoms with Crippen molar-refractivity contribution in [3.8, 4) is 0 Å². The summed E-state index contributed by atoms with van der Waals surface area (Å²) in [5, 5.41) is 3.24. The van der Waals surface area contributed by atoms with Crippen LogP contribution >= 0.6 is 0 Å². The van der Waals surface area contributed by atoms with E-state index in [0.29, 0.717) is 0 Å². The monoisotopic (exact) mass is 194 g/mol. The Morgan fingerprint density at radius 3 is 2.15 bits per heavy atom. The molecule has 0 aliphatic rings. The first-order valence-corrected chi connectivity index (χ1v) is 3.61. The number of hydrogen-bond acceptors (Lipinski definition) is 3. The second-order valence-electron chi connectivity index (χ2n) is 2.83. The number of anilines is 1. The van der Waals surface area contributed by atoms with Gasteiger partial charge in [0.05, 0.1) is 6.04 Å². The molecule has 0 bridgehead atoms. The molecule has 1 rings (SSSR count). The maximum absolute atomic E-state index is 12.1. The molecule has 1 aromatic rings. The van der Waals surface area contributed by atoms with E-state index in [0.717, 1.165) is 4.68 Å². The third-order valence-electron chi connectivity index (χ3n) is 1.40. The molecule has 13 heavy (non-hydrogen) atoms. The highest BCUT2D eigenvalue weighted by Crippen LogP contribution is 2.27. The predicted octanol–water partition coefficient (Wildman–Crippen LogP) is 1.46. The van der Waals surface area contributed by atoms with E-state index < -0.39 is 12.0 Å². The lowest BCUT2D eigenvalue weighted by Gasteiger charge is -2.04. The van der Waals surface area contributed by atoms with Gasteiger partial charge in [-0.1, -0.05) is 0 Å². The molecule has 7 heteroatoms. The summed E-state index contributed by atoms with van der Waals surface area (Å²) >= 11 is 0. The zero-order valence-electron chi connectivity index (χ0n) is 7.13. The Bertz CT molecular complexity index is 301. The van der Waals surface area contributed by atoms with Crippen molar-refractivity contribution in [2.75, 3.05) is 5.73 Å². The Balaban J connectivity index is 3.10. The molecule has 0 saturated carbocycles. The molecule has 0 aliphatic carbocycles. The van der Waals surface area contributed by atoms with E-state index in [4.69, 9.17) is 5.73 Å². The van der Waals surface area contributed by atoms with Crippen LogP contribution in [0, 0.1) is 0 Å². The Kier molecular flexibility index (Phi) is 2.19. The largest absolute Gasteiger partial charge is 0.453 e. The lowest BCUT2D eigenvalue weighted by Crippen LogP contribution is -2.10. The topological polar surface area (TPSA) is 56.7 Å². The lowest BCUT2D eigenvalue weighted by molar-refractivity contribution is -0.145. The van der Waals surface area contributed by atoms with Gasteiger partial charge in [0.2, 0.25) is 5.95 Å². The maximum atomic E-state index is 12.1. The number of halogens is 3. The average Bonchev–Trinajstić information content (AvgIpc) is 2.29. The summed E-state index contributed by atoms with van der Waals surface area (Å²) in [6.07, 6.45) is -4.53. The summed E-state index contributed by atoms with van der Waals surface area (Å²) in [5.41, 5.74) is 5.23. The number of nitrogens with zero attached hydrogens (tertiary/aromatic N) is 3. The molecule has 0 atom stereocenters. The zero-order valence-corrected chi connectivity index (χ0v) is 7.13. The molecule has 0 radical (unpaired) electrons. The van der Waals surface area contributed by atoms with Gasteiger partial charge in [-0.2, -0.15) is 18.2 Å². The normalized spacial score (nSPS) is 12.5. The van der Waals surface area contributed by atoms with Crippen LogP contribution in [0.4, 0.5) is 19.1 Å². The van der Waals surface area contributed by atoms with Gasteiger partial charge in [0.25, 0.3) is 5.82 Å². The average molecular weight is 194 g/mol. The second kappa shape index (κ2) is 2.90. The van der Waals surface area contributed by atoms with Crippen LogP contribution in [0.15, 0.2) is 0 Å². The van der Waals surface area contributed by atoms with Crippen LogP contribution < -0.4 is 5.73 Å². The van der Waals surface area contributed by atoms with Crippen molar-refractivity contribution < 1.29 is 13.2 Å². The minimum absolute atomic E-state index is 0.220. The van der Waals surface area contributed by atoms with Crippen molar-refractivity contribution in [3.63, 3.8) is 0 Å². The first kappa shape index (κ1) is 9.82. The van der Waals surface area contributed by atoms with Gasteiger partial charge in [-0.3, -0.25) is 0 Å². The summed E-state index contributed by atoms with van der Waals surface area (Å²) in [7, 11) is 0. The van der Waals surface area contributed by atoms with Gasteiger partial charge in [0.1, 0.15) is 0 Å². The fourth-order valence-electron chi connectivity index (χ4n) is 0.835. The molecule has 74 valence electrons. The SMILES string of the molecule is CC(C)n1nc(C(F)(F)F)nc1N. The van der Waals surface area contributed by atoms with Crippen LogP contribution in [0.1, 0.15) is 25.7 Å². The van der Waals surface area contributed by atoms with Gasteiger partial charge in [0.15, 0.2) is 0 Å². The summed E-state index contributed by atoms with van der Waals surface area (Å²) in [6.45, 7) is 3.34. The minimum atomic E-state index is -4.53. The number of hydrogen-bond donors (Lipinski definition) is 1. The molecule has 0 aliphatic heterocycles. The van der Waals surface area contributed by atoms with Gasteiger partial charge in [-0.05, 0) is 13.8 Å². The standard InChI is InChI=1S/C6H9F3N4/c1-3(2)13-5(10)11-4(12-13)6(7,8)9/h3H,1-2H3,(H2,10,11,12). The van der Waals surface area contributed by atoms with E-state index in [9.17, 15) is 13.2 Å². The van der Waals surface area contributed by atoms with Crippen molar-refractivity contribution in [1.82, 2.24) is 14.8 Å². The Hall–Kier alpha value is -1.27. The zero-order chi connectivity index (χ0) is 10.2. The number of nitrogens with two attached hydrogens (primary N) is 1. The summed E-state index contributed by atoms with van der Waals surface area (Å²) < 4.78 is 37.2. The number of alkyl halides is 3. The van der Waals surface area contributed by atoms with Gasteiger partial charge in [0, 0.05) is 0 Å². The van der Waals surface area contributed by atoms with Gasteiger partial charge >= 0.3 is 6.18 Å². The van der Waals surface area contributed by atoms with E-state index >= 15 is 0 Å². The lowest BCUT2D eigenvalue weighted by atomic mass is 10.4. The Morgan fingerprint density at radius 2 is 1.92 bits per heavy atom. The van der Waals surface area contributed by atoms with E-state index in [2.05, 4.69) is 10.1 Å². The molecule has 0 unspecified atom stereocenters. The first-order valence-electron chi connectivity index (χ1n) is 3.61. The Labute approximate surface area is 72.6 Å². The van der Waals surface area contributed by atoms with E-state index in [-0.39, 0.29) is 12.0 Å². The third-order valence-corrected chi connectivity index (χ3v) is 1.40. The van der Waals surface area contributed by atoms with Gasteiger partial charge in [-0.25, -0.2) is 4.68 Å². The number of nitrogen functional groups attached to an aromatic ring is 1. The van der Waals surface area contributed by atoms with Crippen molar-refractivity contribution >= 4 is 5.95 Å². The highest BCUT2D eigenvalue weighted by Gasteiger charge is 2.37. The molecule has 0 amide bonds. The van der Waals surface area contributed by atoms with E-state index in [1.807, 2.05) is 0 Å². The first-order chi connectivity index (χ1) is 5.82. The van der Waals surface area contributed by atoms with Crippen molar-refractivity contribution in [2.24, 2.45) is 0 Å². The molecule has 0 spiro atoms. The van der Waals surface area contributed by atoms with Crippen LogP contribution in [-0.4, -0.2) is 14.8 Å². The van der Waals surface area contributed by atoms with Crippen molar-refractivity contribution in [2.45, 2.75) is 26.1 Å². The molecular weight excluding hydrogens is 185 g/mol. The fraction of sp³-hybridized carbons (Fsp3) is 0.667. The second-order valence-corrected chi connectivity index (χ2v) is 2.83. The smallest absolute Gasteiger partial charge is 0.368 e. The summed E-state index contributed by atoms with van der Waals surface area (Å²) in [4.78, 5) is 3.11. The molecule has 1 heterocycles. The quantitative estimate of drug-likeness (QED) is 0.736. The van der Waals surface area contributed by atoms with Gasteiger partial charge < -0.3 is 5.73 Å². The Morgan fingerprint density at radius 1 is 1.38 bits per heavy atom. The van der Waals surface area contributed by atoms with E-state index in [1.54, 1.807) is 13.8 Å². The maximum Gasteiger partial charge on any atom is 0.453 e. The van der Waals surface area contributed by atoms with Crippen LogP contribution in [0.5, 0.6) is 0 Å². The fourth-order valence-corrected chi connectivity index (χ4v) is 0.835. The molecule has 0 saturated heterocycles. The van der Waals surface area contributed by atoms with Crippen molar-refractivity contribution in [3.05, 3.63) is 5.82 Å². The predicted molar refractivity (Wildman–Crippen MR) is 39.8 cm³/mol. The minimum Gasteiger partial charge on any atom is -0.368 e. The summed E-state index contributed by atoms with van der Waals surface area (Å²) in [6, 6.07) is -0.233. The van der Waals surface area contributed by atoms with Crippen molar-refractivity contribution in [1.29, 1.82) is 0 Å². The molecule has 0 fully saturated rings. The third kappa shape index (κ3) is 1.90. The highest BCUT2D eigenvalue weighted by atomic mass is 19.4. The van der Waals surface area contributed by atoms with Crippen LogP contribution in [0.25, 0.3) is 0 Å². The molecule has 0 aromatic carbocycles. The van der Waals surface area contributed by atoms with Crippen LogP contribution in [0.2, 0.25) is 0 Å². The summed E-state index contributed by atoms with van der Waals surface area (Å²) in [5.74, 6) is -1.42. The van der Waals surface area contributed by atoms with Crippen LogP contribution in [-0.2, 0) is 6.18 Å². The van der Waals surface area contributed by atoms with E-state index in [1.165, 1.54) is 0 Å². The molecule has 2 N–H and O–H groups in total. The molecular formula is C6H9F3N4. The van der Waals surface area contributed by atoms with Gasteiger partial charge in [-0.15, -0.1) is 5.10 Å². The van der Waals surface area contributed by atoms with Crippen LogP contribution in [0.3, 0.4) is 0 Å².